The lowest BCUT2D eigenvalue weighted by molar-refractivity contribution is 0.0730. The summed E-state index contributed by atoms with van der Waals surface area (Å²) >= 11 is 0. The number of nitrogens with two attached hydrogens (primary N) is 2. The van der Waals surface area contributed by atoms with Crippen LogP contribution in [0.2, 0.25) is 0 Å². The lowest BCUT2D eigenvalue weighted by atomic mass is 9.72. The average Bonchev–Trinajstić information content (AvgIpc) is 3.34. The quantitative estimate of drug-likeness (QED) is 0.150. The number of benzene rings is 2. The number of morpholine rings is 2. The highest BCUT2D eigenvalue weighted by Crippen LogP contribution is 2.42. The van der Waals surface area contributed by atoms with Crippen LogP contribution in [0.25, 0.3) is 21.8 Å². The number of nitrogens with zero attached hydrogens (tertiary/aromatic N) is 10. The van der Waals surface area contributed by atoms with Gasteiger partial charge in [-0.15, -0.1) is 0 Å². The van der Waals surface area contributed by atoms with E-state index in [2.05, 4.69) is 25.2 Å². The normalized spacial score (nSPS) is 17.3. The van der Waals surface area contributed by atoms with Crippen molar-refractivity contribution in [2.45, 2.75) is 41.9 Å². The Labute approximate surface area is 371 Å². The molecule has 2 saturated heterocycles. The van der Waals surface area contributed by atoms with Gasteiger partial charge in [0.2, 0.25) is 21.9 Å². The monoisotopic (exact) mass is 879 g/mol. The third-order valence-electron chi connectivity index (χ3n) is 12.5. The topological polar surface area (TPSA) is 217 Å². The van der Waals surface area contributed by atoms with E-state index in [-0.39, 0.29) is 24.3 Å². The molecule has 0 aliphatic carbocycles. The number of pyridine rings is 3. The number of anilines is 3. The molecule has 0 saturated carbocycles. The van der Waals surface area contributed by atoms with Crippen LogP contribution < -0.4 is 26.6 Å². The molecule has 8 heterocycles. The summed E-state index contributed by atoms with van der Waals surface area (Å²) in [4.78, 5) is 38.5. The zero-order valence-electron chi connectivity index (χ0n) is 35.3. The first-order valence-electron chi connectivity index (χ1n) is 21.5. The third-order valence-corrected chi connectivity index (χ3v) is 14.4. The fourth-order valence-electron chi connectivity index (χ4n) is 9.07. The van der Waals surface area contributed by atoms with E-state index in [1.807, 2.05) is 71.6 Å². The molecule has 64 heavy (non-hydrogen) atoms. The third kappa shape index (κ3) is 7.97. The Balaban J connectivity index is 1.18. The van der Waals surface area contributed by atoms with Gasteiger partial charge in [0.1, 0.15) is 11.4 Å². The van der Waals surface area contributed by atoms with Gasteiger partial charge in [-0.1, -0.05) is 42.5 Å². The molecule has 2 fully saturated rings. The van der Waals surface area contributed by atoms with Crippen LogP contribution in [0, 0.1) is 0 Å². The van der Waals surface area contributed by atoms with Gasteiger partial charge in [-0.25, -0.2) is 23.4 Å². The molecular weight excluding hydrogens is 831 g/mol. The molecule has 7 aromatic rings. The molecule has 1 atom stereocenters. The fourth-order valence-corrected chi connectivity index (χ4v) is 10.7. The van der Waals surface area contributed by atoms with E-state index < -0.39 is 21.2 Å². The van der Waals surface area contributed by atoms with Crippen LogP contribution in [0.1, 0.15) is 27.9 Å². The molecule has 3 aliphatic heterocycles. The largest absolute Gasteiger partial charge is 0.379 e. The molecule has 18 heteroatoms. The van der Waals surface area contributed by atoms with Crippen molar-refractivity contribution >= 4 is 49.5 Å². The van der Waals surface area contributed by atoms with Crippen molar-refractivity contribution in [1.29, 1.82) is 0 Å². The molecule has 5 N–H and O–H groups in total. The maximum atomic E-state index is 14.2. The van der Waals surface area contributed by atoms with Gasteiger partial charge < -0.3 is 36.1 Å². The maximum Gasteiger partial charge on any atom is 0.243 e. The van der Waals surface area contributed by atoms with Crippen molar-refractivity contribution in [2.24, 2.45) is 11.5 Å². The molecular formula is C46H49N13O4S. The van der Waals surface area contributed by atoms with Gasteiger partial charge in [-0.3, -0.25) is 15.0 Å². The molecule has 0 bridgehead atoms. The molecule has 10 rings (SSSR count). The number of rotatable bonds is 12. The lowest BCUT2D eigenvalue weighted by Gasteiger charge is -2.48. The lowest BCUT2D eigenvalue weighted by Crippen LogP contribution is -2.70. The minimum Gasteiger partial charge on any atom is -0.379 e. The second-order valence-corrected chi connectivity index (χ2v) is 18.4. The predicted molar refractivity (Wildman–Crippen MR) is 243 cm³/mol. The van der Waals surface area contributed by atoms with Crippen molar-refractivity contribution < 1.29 is 17.9 Å². The molecule has 17 nitrogen and oxygen atoms in total. The number of sulfonamides is 1. The van der Waals surface area contributed by atoms with Gasteiger partial charge in [-0.2, -0.15) is 9.29 Å². The van der Waals surface area contributed by atoms with Crippen LogP contribution in [0.3, 0.4) is 0 Å². The van der Waals surface area contributed by atoms with E-state index >= 15 is 0 Å². The van der Waals surface area contributed by atoms with E-state index in [1.165, 1.54) is 4.31 Å². The van der Waals surface area contributed by atoms with E-state index in [9.17, 15) is 8.42 Å². The Bertz CT molecular complexity index is 2900. The van der Waals surface area contributed by atoms with Gasteiger partial charge in [0.05, 0.1) is 66.1 Å². The number of ether oxygens (including phenoxy) is 2. The van der Waals surface area contributed by atoms with Gasteiger partial charge >= 0.3 is 0 Å². The Morgan fingerprint density at radius 3 is 2.02 bits per heavy atom. The Kier molecular flexibility index (Phi) is 11.3. The van der Waals surface area contributed by atoms with Crippen molar-refractivity contribution in [3.05, 3.63) is 138 Å². The minimum absolute atomic E-state index is 0.196. The molecule has 5 aromatic heterocycles. The van der Waals surface area contributed by atoms with Crippen molar-refractivity contribution in [3.8, 4) is 0 Å². The summed E-state index contributed by atoms with van der Waals surface area (Å²) in [5.74, 6) is 1.39. The number of aromatic nitrogens is 7. The molecule has 2 aromatic carbocycles. The van der Waals surface area contributed by atoms with Crippen LogP contribution in [-0.4, -0.2) is 112 Å². The van der Waals surface area contributed by atoms with Crippen LogP contribution in [-0.2, 0) is 50.8 Å². The number of nitrogens with one attached hydrogen (secondary N) is 1. The summed E-state index contributed by atoms with van der Waals surface area (Å²) in [5, 5.41) is 5.31. The number of fused-ring (bicyclic) bond motifs is 3. The standard InChI is InChI=1S/C46H49N13O4S/c47-46(48,28-33-9-14-49-15-10-33)45(27-32-5-2-1-3-6-32,56-42-36-12-17-51-30-39(36)53-44(55-42)57-19-23-62-24-20-57)41-35-11-16-50-29-38(35)52-43(54-41)58-18-13-34-7-4-8-40(37(34)31-58)64(60,61)59-21-25-63-26-22-59/h1-12,14-17,29-30H,13,18-28,31,47-48H2,(H,53,55,56). The second kappa shape index (κ2) is 17.4. The molecule has 1 unspecified atom stereocenters. The number of hydrogen-bond acceptors (Lipinski definition) is 16. The summed E-state index contributed by atoms with van der Waals surface area (Å²) in [7, 11) is -3.82. The van der Waals surface area contributed by atoms with Crippen LogP contribution in [0.15, 0.2) is 115 Å². The summed E-state index contributed by atoms with van der Waals surface area (Å²) in [6, 6.07) is 23.1. The van der Waals surface area contributed by atoms with Gasteiger partial charge in [-0.05, 0) is 59.0 Å². The highest BCUT2D eigenvalue weighted by atomic mass is 32.2. The molecule has 0 spiro atoms. The first-order chi connectivity index (χ1) is 31.2. The zero-order chi connectivity index (χ0) is 43.7. The van der Waals surface area contributed by atoms with Crippen LogP contribution >= 0.6 is 0 Å². The highest BCUT2D eigenvalue weighted by molar-refractivity contribution is 7.89. The Morgan fingerprint density at radius 2 is 1.28 bits per heavy atom. The predicted octanol–water partition coefficient (Wildman–Crippen LogP) is 3.58. The van der Waals surface area contributed by atoms with E-state index in [4.69, 9.17) is 40.9 Å². The summed E-state index contributed by atoms with van der Waals surface area (Å²) < 4.78 is 41.2. The van der Waals surface area contributed by atoms with E-state index in [1.54, 1.807) is 43.2 Å². The molecule has 0 radical (unpaired) electrons. The summed E-state index contributed by atoms with van der Waals surface area (Å²) in [6.07, 6.45) is 11.3. The molecule has 3 aliphatic rings. The smallest absolute Gasteiger partial charge is 0.243 e. The van der Waals surface area contributed by atoms with Gasteiger partial charge in [0.25, 0.3) is 0 Å². The van der Waals surface area contributed by atoms with E-state index in [0.717, 1.165) is 16.7 Å². The first-order valence-corrected chi connectivity index (χ1v) is 22.9. The van der Waals surface area contributed by atoms with Gasteiger partial charge in [0, 0.05) is 87.7 Å². The van der Waals surface area contributed by atoms with Crippen molar-refractivity contribution in [3.63, 3.8) is 0 Å². The Hall–Kier alpha value is -6.28. The minimum atomic E-state index is -3.82. The average molecular weight is 880 g/mol. The SMILES string of the molecule is NC(N)(Cc1ccncc1)C(Cc1ccccc1)(Nc1nc(N2CCOCC2)nc2cnccc12)c1nc(N2CCc3cccc(S(=O)(=O)N4CCOCC4)c3C2)nc2cnccc12. The zero-order valence-corrected chi connectivity index (χ0v) is 36.1. The summed E-state index contributed by atoms with van der Waals surface area (Å²) in [6.45, 7) is 4.37. The molecule has 0 amide bonds. The van der Waals surface area contributed by atoms with Crippen molar-refractivity contribution in [1.82, 2.24) is 39.2 Å². The summed E-state index contributed by atoms with van der Waals surface area (Å²) in [5.41, 5.74) is 17.6. The Morgan fingerprint density at radius 1 is 0.641 bits per heavy atom. The number of hydrogen-bond donors (Lipinski definition) is 3. The van der Waals surface area contributed by atoms with Crippen LogP contribution in [0.4, 0.5) is 17.7 Å². The fraction of sp³-hybridized carbons (Fsp3) is 0.326. The molecule has 328 valence electrons. The van der Waals surface area contributed by atoms with E-state index in [0.29, 0.717) is 116 Å². The maximum absolute atomic E-state index is 14.2. The highest BCUT2D eigenvalue weighted by Gasteiger charge is 2.51. The van der Waals surface area contributed by atoms with Crippen LogP contribution in [0.5, 0.6) is 0 Å². The first kappa shape index (κ1) is 41.7. The van der Waals surface area contributed by atoms with Gasteiger partial charge in [0.15, 0.2) is 0 Å². The second-order valence-electron chi connectivity index (χ2n) is 16.5. The van der Waals surface area contributed by atoms with Crippen molar-refractivity contribution in [2.75, 3.05) is 74.3 Å².